The number of carbonyl (C=O) groups is 1. The van der Waals surface area contributed by atoms with Gasteiger partial charge in [0.05, 0.1) is 20.8 Å². The van der Waals surface area contributed by atoms with E-state index in [0.29, 0.717) is 33.1 Å². The van der Waals surface area contributed by atoms with E-state index in [2.05, 4.69) is 10.6 Å². The molecule has 0 saturated carbocycles. The zero-order valence-electron chi connectivity index (χ0n) is 9.43. The Labute approximate surface area is 122 Å². The van der Waals surface area contributed by atoms with Crippen molar-refractivity contribution >= 4 is 57.3 Å². The Bertz CT molecular complexity index is 482. The minimum atomic E-state index is -0.947. The van der Waals surface area contributed by atoms with E-state index in [-0.39, 0.29) is 0 Å². The Morgan fingerprint density at radius 3 is 2.44 bits per heavy atom. The SMILES string of the molecule is C[S@](=O)CCNC(=O)Nc1cc(Cl)c(Cl)cc1Cl. The Balaban J connectivity index is 2.59. The van der Waals surface area contributed by atoms with Gasteiger partial charge in [-0.25, -0.2) is 4.79 Å². The van der Waals surface area contributed by atoms with Crippen LogP contribution in [-0.4, -0.2) is 28.8 Å². The van der Waals surface area contributed by atoms with E-state index in [1.54, 1.807) is 6.26 Å². The third kappa shape index (κ3) is 5.02. The fraction of sp³-hybridized carbons (Fsp3) is 0.300. The summed E-state index contributed by atoms with van der Waals surface area (Å²) in [6.45, 7) is 0.313. The van der Waals surface area contributed by atoms with Crippen molar-refractivity contribution in [3.63, 3.8) is 0 Å². The van der Waals surface area contributed by atoms with E-state index < -0.39 is 16.8 Å². The number of anilines is 1. The first-order valence-corrected chi connectivity index (χ1v) is 7.75. The Kier molecular flexibility index (Phi) is 6.21. The lowest BCUT2D eigenvalue weighted by Crippen LogP contribution is -2.31. The molecular formula is C10H11Cl3N2O2S. The van der Waals surface area contributed by atoms with Crippen LogP contribution in [0.2, 0.25) is 15.1 Å². The van der Waals surface area contributed by atoms with Crippen LogP contribution in [0.4, 0.5) is 10.5 Å². The molecular weight excluding hydrogens is 319 g/mol. The lowest BCUT2D eigenvalue weighted by molar-refractivity contribution is 0.252. The number of hydrogen-bond acceptors (Lipinski definition) is 2. The van der Waals surface area contributed by atoms with Gasteiger partial charge in [0.15, 0.2) is 0 Å². The standard InChI is InChI=1S/C10H11Cl3N2O2S/c1-18(17)3-2-14-10(16)15-9-5-7(12)6(11)4-8(9)13/h4-5H,2-3H2,1H3,(H2,14,15,16)/t18-/m0/s1. The van der Waals surface area contributed by atoms with E-state index in [0.717, 1.165) is 0 Å². The average molecular weight is 330 g/mol. The fourth-order valence-corrected chi connectivity index (χ4v) is 2.08. The lowest BCUT2D eigenvalue weighted by Gasteiger charge is -2.09. The number of rotatable bonds is 4. The molecule has 1 atom stereocenters. The van der Waals surface area contributed by atoms with Gasteiger partial charge in [-0.1, -0.05) is 34.8 Å². The highest BCUT2D eigenvalue weighted by Crippen LogP contribution is 2.32. The van der Waals surface area contributed by atoms with Gasteiger partial charge < -0.3 is 10.6 Å². The van der Waals surface area contributed by atoms with Crippen molar-refractivity contribution in [3.05, 3.63) is 27.2 Å². The third-order valence-electron chi connectivity index (χ3n) is 1.93. The molecule has 0 spiro atoms. The summed E-state index contributed by atoms with van der Waals surface area (Å²) in [5, 5.41) is 5.98. The van der Waals surface area contributed by atoms with Crippen LogP contribution in [0.25, 0.3) is 0 Å². The summed E-state index contributed by atoms with van der Waals surface area (Å²) < 4.78 is 10.8. The van der Waals surface area contributed by atoms with Gasteiger partial charge >= 0.3 is 6.03 Å². The van der Waals surface area contributed by atoms with Crippen molar-refractivity contribution in [2.75, 3.05) is 23.9 Å². The van der Waals surface area contributed by atoms with Crippen LogP contribution in [0.3, 0.4) is 0 Å². The molecule has 0 aliphatic heterocycles. The Morgan fingerprint density at radius 1 is 1.22 bits per heavy atom. The average Bonchev–Trinajstić information content (AvgIpc) is 2.25. The predicted octanol–water partition coefficient (Wildman–Crippen LogP) is 3.15. The summed E-state index contributed by atoms with van der Waals surface area (Å²) in [6.07, 6.45) is 1.56. The molecule has 1 aromatic carbocycles. The van der Waals surface area contributed by atoms with Gasteiger partial charge in [0, 0.05) is 29.4 Å². The van der Waals surface area contributed by atoms with Crippen molar-refractivity contribution in [3.8, 4) is 0 Å². The minimum absolute atomic E-state index is 0.290. The smallest absolute Gasteiger partial charge is 0.319 e. The van der Waals surface area contributed by atoms with Gasteiger partial charge in [-0.2, -0.15) is 0 Å². The van der Waals surface area contributed by atoms with Crippen LogP contribution in [0.15, 0.2) is 12.1 Å². The van der Waals surface area contributed by atoms with Crippen molar-refractivity contribution < 1.29 is 9.00 Å². The van der Waals surface area contributed by atoms with E-state index in [9.17, 15) is 9.00 Å². The van der Waals surface area contributed by atoms with Gasteiger partial charge in [0.25, 0.3) is 0 Å². The number of nitrogens with one attached hydrogen (secondary N) is 2. The number of hydrogen-bond donors (Lipinski definition) is 2. The topological polar surface area (TPSA) is 58.2 Å². The Hall–Kier alpha value is -0.490. The molecule has 1 rings (SSSR count). The first kappa shape index (κ1) is 15.6. The summed E-state index contributed by atoms with van der Waals surface area (Å²) >= 11 is 17.5. The highest BCUT2D eigenvalue weighted by atomic mass is 35.5. The second-order valence-corrected chi connectivity index (χ2v) is 6.18. The van der Waals surface area contributed by atoms with E-state index >= 15 is 0 Å². The molecule has 0 aliphatic carbocycles. The molecule has 0 radical (unpaired) electrons. The molecule has 4 nitrogen and oxygen atoms in total. The molecule has 2 amide bonds. The number of amides is 2. The highest BCUT2D eigenvalue weighted by molar-refractivity contribution is 7.84. The highest BCUT2D eigenvalue weighted by Gasteiger charge is 2.08. The van der Waals surface area contributed by atoms with Crippen molar-refractivity contribution in [2.24, 2.45) is 0 Å². The molecule has 0 fully saturated rings. The molecule has 100 valence electrons. The molecule has 1 aromatic rings. The lowest BCUT2D eigenvalue weighted by atomic mass is 10.3. The summed E-state index contributed by atoms with van der Waals surface area (Å²) in [6, 6.07) is 2.46. The van der Waals surface area contributed by atoms with Crippen LogP contribution in [0.1, 0.15) is 0 Å². The number of benzene rings is 1. The van der Waals surface area contributed by atoms with E-state index in [1.807, 2.05) is 0 Å². The monoisotopic (exact) mass is 328 g/mol. The number of halogens is 3. The van der Waals surface area contributed by atoms with Crippen LogP contribution >= 0.6 is 34.8 Å². The van der Waals surface area contributed by atoms with E-state index in [4.69, 9.17) is 34.8 Å². The van der Waals surface area contributed by atoms with Crippen molar-refractivity contribution in [2.45, 2.75) is 0 Å². The quantitative estimate of drug-likeness (QED) is 0.834. The normalized spacial score (nSPS) is 12.0. The summed E-state index contributed by atoms with van der Waals surface area (Å²) in [7, 11) is -0.947. The maximum absolute atomic E-state index is 11.5. The first-order valence-electron chi connectivity index (χ1n) is 4.89. The molecule has 0 aliphatic rings. The second kappa shape index (κ2) is 7.19. The van der Waals surface area contributed by atoms with Crippen molar-refractivity contribution in [1.82, 2.24) is 5.32 Å². The van der Waals surface area contributed by atoms with Crippen LogP contribution in [0.5, 0.6) is 0 Å². The fourth-order valence-electron chi connectivity index (χ4n) is 1.09. The molecule has 0 heterocycles. The molecule has 8 heteroatoms. The molecule has 18 heavy (non-hydrogen) atoms. The number of carbonyl (C=O) groups excluding carboxylic acids is 1. The van der Waals surface area contributed by atoms with Gasteiger partial charge in [-0.15, -0.1) is 0 Å². The molecule has 2 N–H and O–H groups in total. The van der Waals surface area contributed by atoms with Crippen LogP contribution in [0, 0.1) is 0 Å². The summed E-state index contributed by atoms with van der Waals surface area (Å²) in [4.78, 5) is 11.5. The van der Waals surface area contributed by atoms with Gasteiger partial charge in [0.1, 0.15) is 0 Å². The largest absolute Gasteiger partial charge is 0.337 e. The van der Waals surface area contributed by atoms with Crippen LogP contribution < -0.4 is 10.6 Å². The zero-order chi connectivity index (χ0) is 13.7. The summed E-state index contributed by atoms with van der Waals surface area (Å²) in [5.74, 6) is 0.391. The van der Waals surface area contributed by atoms with Gasteiger partial charge in [-0.3, -0.25) is 4.21 Å². The maximum Gasteiger partial charge on any atom is 0.319 e. The predicted molar refractivity (Wildman–Crippen MR) is 77.4 cm³/mol. The first-order chi connectivity index (χ1) is 8.40. The second-order valence-electron chi connectivity index (χ2n) is 3.40. The Morgan fingerprint density at radius 2 is 1.83 bits per heavy atom. The molecule has 0 aromatic heterocycles. The van der Waals surface area contributed by atoms with Gasteiger partial charge in [-0.05, 0) is 12.1 Å². The maximum atomic E-state index is 11.5. The molecule has 0 saturated heterocycles. The number of urea groups is 1. The molecule has 0 bridgehead atoms. The summed E-state index contributed by atoms with van der Waals surface area (Å²) in [5.41, 5.74) is 0.362. The van der Waals surface area contributed by atoms with Crippen molar-refractivity contribution in [1.29, 1.82) is 0 Å². The van der Waals surface area contributed by atoms with Crippen LogP contribution in [-0.2, 0) is 10.8 Å². The third-order valence-corrected chi connectivity index (χ3v) is 3.75. The van der Waals surface area contributed by atoms with E-state index in [1.165, 1.54) is 12.1 Å². The molecule has 0 unspecified atom stereocenters. The zero-order valence-corrected chi connectivity index (χ0v) is 12.5. The minimum Gasteiger partial charge on any atom is -0.337 e. The van der Waals surface area contributed by atoms with Gasteiger partial charge in [0.2, 0.25) is 0 Å².